The van der Waals surface area contributed by atoms with Crippen molar-refractivity contribution in [3.8, 4) is 5.75 Å². The van der Waals surface area contributed by atoms with Crippen molar-refractivity contribution in [1.29, 1.82) is 0 Å². The average Bonchev–Trinajstić information content (AvgIpc) is 3.14. The summed E-state index contributed by atoms with van der Waals surface area (Å²) in [5, 5.41) is 12.3. The molecule has 1 heterocycles. The molecule has 0 spiro atoms. The van der Waals surface area contributed by atoms with Crippen LogP contribution >= 0.6 is 11.8 Å². The van der Waals surface area contributed by atoms with E-state index in [1.54, 1.807) is 0 Å². The number of carbonyl (C=O) groups excluding carboxylic acids is 1. The Kier molecular flexibility index (Phi) is 7.15. The van der Waals surface area contributed by atoms with Crippen molar-refractivity contribution in [2.24, 2.45) is 0 Å². The molecule has 1 aromatic heterocycles. The number of aryl methyl sites for hydroxylation is 3. The third-order valence-corrected chi connectivity index (χ3v) is 5.79. The SMILES string of the molecule is CCn1c(SCC(=O)Nc2cc(C)ccc2C)nnc1C(C)Oc1ccccc1C. The van der Waals surface area contributed by atoms with E-state index in [9.17, 15) is 4.79 Å². The molecule has 1 N–H and O–H groups in total. The molecule has 0 fully saturated rings. The fraction of sp³-hybridized carbons (Fsp3) is 0.348. The van der Waals surface area contributed by atoms with E-state index in [1.807, 2.05) is 81.7 Å². The molecule has 7 heteroatoms. The molecular weight excluding hydrogens is 396 g/mol. The monoisotopic (exact) mass is 424 g/mol. The van der Waals surface area contributed by atoms with Gasteiger partial charge < -0.3 is 14.6 Å². The Morgan fingerprint density at radius 2 is 1.90 bits per heavy atom. The van der Waals surface area contributed by atoms with Gasteiger partial charge in [-0.25, -0.2) is 0 Å². The summed E-state index contributed by atoms with van der Waals surface area (Å²) in [5.41, 5.74) is 4.07. The number of aromatic nitrogens is 3. The highest BCUT2D eigenvalue weighted by Crippen LogP contribution is 2.26. The number of amides is 1. The van der Waals surface area contributed by atoms with Crippen molar-refractivity contribution in [2.45, 2.75) is 52.4 Å². The van der Waals surface area contributed by atoms with E-state index in [1.165, 1.54) is 11.8 Å². The zero-order chi connectivity index (χ0) is 21.7. The Morgan fingerprint density at radius 1 is 1.13 bits per heavy atom. The third kappa shape index (κ3) is 5.21. The lowest BCUT2D eigenvalue weighted by molar-refractivity contribution is -0.113. The lowest BCUT2D eigenvalue weighted by Gasteiger charge is -2.17. The molecule has 1 atom stereocenters. The van der Waals surface area contributed by atoms with E-state index in [0.29, 0.717) is 11.7 Å². The Morgan fingerprint density at radius 3 is 2.63 bits per heavy atom. The molecule has 0 saturated heterocycles. The van der Waals surface area contributed by atoms with Crippen LogP contribution in [0.1, 0.15) is 42.5 Å². The van der Waals surface area contributed by atoms with Crippen molar-refractivity contribution < 1.29 is 9.53 Å². The molecule has 6 nitrogen and oxygen atoms in total. The molecule has 0 bridgehead atoms. The van der Waals surface area contributed by atoms with Crippen LogP contribution in [0, 0.1) is 20.8 Å². The Bertz CT molecular complexity index is 1030. The maximum atomic E-state index is 12.5. The van der Waals surface area contributed by atoms with Crippen molar-refractivity contribution in [3.63, 3.8) is 0 Å². The van der Waals surface area contributed by atoms with Crippen LogP contribution in [0.5, 0.6) is 5.75 Å². The number of hydrogen-bond acceptors (Lipinski definition) is 5. The first-order valence-corrected chi connectivity index (χ1v) is 11.0. The number of nitrogens with zero attached hydrogens (tertiary/aromatic N) is 3. The van der Waals surface area contributed by atoms with Gasteiger partial charge in [0.15, 0.2) is 17.1 Å². The minimum absolute atomic E-state index is 0.0647. The van der Waals surface area contributed by atoms with Gasteiger partial charge in [0.25, 0.3) is 0 Å². The van der Waals surface area contributed by atoms with Crippen molar-refractivity contribution >= 4 is 23.4 Å². The summed E-state index contributed by atoms with van der Waals surface area (Å²) in [6.45, 7) is 10.7. The Balaban J connectivity index is 1.66. The average molecular weight is 425 g/mol. The van der Waals surface area contributed by atoms with Crippen molar-refractivity contribution in [2.75, 3.05) is 11.1 Å². The summed E-state index contributed by atoms with van der Waals surface area (Å²) in [6, 6.07) is 13.9. The highest BCUT2D eigenvalue weighted by Gasteiger charge is 2.20. The molecule has 0 aliphatic heterocycles. The molecule has 0 aliphatic rings. The molecule has 0 saturated carbocycles. The predicted octanol–water partition coefficient (Wildman–Crippen LogP) is 5.09. The van der Waals surface area contributed by atoms with Crippen LogP contribution in [0.15, 0.2) is 47.6 Å². The van der Waals surface area contributed by atoms with Crippen LogP contribution in [0.2, 0.25) is 0 Å². The maximum absolute atomic E-state index is 12.5. The molecule has 0 radical (unpaired) electrons. The number of carbonyl (C=O) groups is 1. The molecular formula is C23H28N4O2S. The van der Waals surface area contributed by atoms with Crippen LogP contribution in [0.4, 0.5) is 5.69 Å². The summed E-state index contributed by atoms with van der Waals surface area (Å²) in [5.74, 6) is 1.78. The van der Waals surface area contributed by atoms with Gasteiger partial charge in [0.05, 0.1) is 5.75 Å². The second-order valence-electron chi connectivity index (χ2n) is 7.27. The number of rotatable bonds is 8. The van der Waals surface area contributed by atoms with Gasteiger partial charge in [0.1, 0.15) is 5.75 Å². The van der Waals surface area contributed by atoms with Crippen LogP contribution in [-0.2, 0) is 11.3 Å². The molecule has 3 rings (SSSR count). The zero-order valence-corrected chi connectivity index (χ0v) is 18.9. The Labute approximate surface area is 182 Å². The van der Waals surface area contributed by atoms with Crippen molar-refractivity contribution in [3.05, 3.63) is 65.0 Å². The van der Waals surface area contributed by atoms with Crippen LogP contribution < -0.4 is 10.1 Å². The summed E-state index contributed by atoms with van der Waals surface area (Å²) in [4.78, 5) is 12.5. The lowest BCUT2D eigenvalue weighted by atomic mass is 10.1. The highest BCUT2D eigenvalue weighted by molar-refractivity contribution is 7.99. The van der Waals surface area contributed by atoms with Gasteiger partial charge in [-0.15, -0.1) is 10.2 Å². The molecule has 3 aromatic rings. The first-order chi connectivity index (χ1) is 14.4. The van der Waals surface area contributed by atoms with Gasteiger partial charge in [0.2, 0.25) is 5.91 Å². The van der Waals surface area contributed by atoms with Gasteiger partial charge in [-0.05, 0) is 63.4 Å². The molecule has 0 aliphatic carbocycles. The Hall–Kier alpha value is -2.80. The third-order valence-electron chi connectivity index (χ3n) is 4.82. The fourth-order valence-electron chi connectivity index (χ4n) is 3.12. The summed E-state index contributed by atoms with van der Waals surface area (Å²) < 4.78 is 8.10. The normalized spacial score (nSPS) is 11.9. The van der Waals surface area contributed by atoms with Gasteiger partial charge in [-0.2, -0.15) is 0 Å². The van der Waals surface area contributed by atoms with E-state index in [4.69, 9.17) is 4.74 Å². The zero-order valence-electron chi connectivity index (χ0n) is 18.1. The van der Waals surface area contributed by atoms with E-state index in [2.05, 4.69) is 15.5 Å². The van der Waals surface area contributed by atoms with Crippen LogP contribution in [0.25, 0.3) is 0 Å². The van der Waals surface area contributed by atoms with E-state index in [0.717, 1.165) is 34.0 Å². The number of nitrogens with one attached hydrogen (secondary N) is 1. The summed E-state index contributed by atoms with van der Waals surface area (Å²) in [6.07, 6.45) is -0.253. The van der Waals surface area contributed by atoms with Gasteiger partial charge in [-0.1, -0.05) is 42.1 Å². The number of ether oxygens (including phenoxy) is 1. The minimum Gasteiger partial charge on any atom is -0.482 e. The van der Waals surface area contributed by atoms with E-state index >= 15 is 0 Å². The molecule has 1 amide bonds. The number of hydrogen-bond donors (Lipinski definition) is 1. The second kappa shape index (κ2) is 9.80. The number of benzene rings is 2. The fourth-order valence-corrected chi connectivity index (χ4v) is 3.93. The van der Waals surface area contributed by atoms with E-state index < -0.39 is 0 Å². The summed E-state index contributed by atoms with van der Waals surface area (Å²) in [7, 11) is 0. The second-order valence-corrected chi connectivity index (χ2v) is 8.21. The standard InChI is InChI=1S/C23H28N4O2S/c1-6-27-22(18(5)29-20-10-8-7-9-17(20)4)25-26-23(27)30-14-21(28)24-19-13-15(2)11-12-16(19)3/h7-13,18H,6,14H2,1-5H3,(H,24,28). The smallest absolute Gasteiger partial charge is 0.234 e. The van der Waals surface area contributed by atoms with E-state index in [-0.39, 0.29) is 17.8 Å². The highest BCUT2D eigenvalue weighted by atomic mass is 32.2. The molecule has 1 unspecified atom stereocenters. The largest absolute Gasteiger partial charge is 0.482 e. The maximum Gasteiger partial charge on any atom is 0.234 e. The lowest BCUT2D eigenvalue weighted by Crippen LogP contribution is -2.16. The van der Waals surface area contributed by atoms with Gasteiger partial charge in [-0.3, -0.25) is 4.79 Å². The van der Waals surface area contributed by atoms with Crippen molar-refractivity contribution in [1.82, 2.24) is 14.8 Å². The minimum atomic E-state index is -0.253. The molecule has 2 aromatic carbocycles. The van der Waals surface area contributed by atoms with Gasteiger partial charge >= 0.3 is 0 Å². The predicted molar refractivity (Wildman–Crippen MR) is 121 cm³/mol. The molecule has 158 valence electrons. The molecule has 30 heavy (non-hydrogen) atoms. The first-order valence-electron chi connectivity index (χ1n) is 10.0. The topological polar surface area (TPSA) is 69.0 Å². The number of thioether (sulfide) groups is 1. The number of anilines is 1. The quantitative estimate of drug-likeness (QED) is 0.510. The van der Waals surface area contributed by atoms with Gasteiger partial charge in [0, 0.05) is 12.2 Å². The van der Waals surface area contributed by atoms with Crippen LogP contribution in [0.3, 0.4) is 0 Å². The van der Waals surface area contributed by atoms with Crippen LogP contribution in [-0.4, -0.2) is 26.4 Å². The first kappa shape index (κ1) is 21.9. The summed E-state index contributed by atoms with van der Waals surface area (Å²) >= 11 is 1.38. The number of para-hydroxylation sites is 1.